The summed E-state index contributed by atoms with van der Waals surface area (Å²) in [6.45, 7) is -0.370. The Balaban J connectivity index is 1.76. The Morgan fingerprint density at radius 2 is 2.13 bits per heavy atom. The van der Waals surface area contributed by atoms with Gasteiger partial charge in [0.05, 0.1) is 18.8 Å². The summed E-state index contributed by atoms with van der Waals surface area (Å²) in [5.74, 6) is -4.01. The van der Waals surface area contributed by atoms with Crippen LogP contribution in [-0.4, -0.2) is 32.4 Å². The third kappa shape index (κ3) is 3.61. The van der Waals surface area contributed by atoms with Crippen molar-refractivity contribution in [2.24, 2.45) is 0 Å². The number of rotatable bonds is 5. The van der Waals surface area contributed by atoms with Crippen LogP contribution in [0, 0.1) is 5.21 Å². The van der Waals surface area contributed by atoms with Crippen LogP contribution in [-0.2, 0) is 12.3 Å². The molecule has 0 unspecified atom stereocenters. The lowest BCUT2D eigenvalue weighted by molar-refractivity contribution is -0.605. The Bertz CT molecular complexity index is 1070. The van der Waals surface area contributed by atoms with Crippen molar-refractivity contribution < 1.29 is 23.4 Å². The zero-order chi connectivity index (χ0) is 21.3. The Morgan fingerprint density at radius 3 is 2.83 bits per heavy atom. The molecule has 0 spiro atoms. The van der Waals surface area contributed by atoms with Gasteiger partial charge in [-0.25, -0.2) is 9.67 Å². The van der Waals surface area contributed by atoms with Crippen molar-refractivity contribution in [2.75, 3.05) is 6.61 Å². The Kier molecular flexibility index (Phi) is 5.17. The fraction of sp³-hybridized carbons (Fsp3) is 0.300. The number of aliphatic hydroxyl groups is 1. The van der Waals surface area contributed by atoms with Crippen LogP contribution >= 0.6 is 0 Å². The van der Waals surface area contributed by atoms with E-state index >= 15 is 0 Å². The van der Waals surface area contributed by atoms with E-state index < -0.39 is 23.6 Å². The van der Waals surface area contributed by atoms with Gasteiger partial charge in [-0.1, -0.05) is 30.3 Å². The number of nitrogens with one attached hydrogen (secondary N) is 1. The van der Waals surface area contributed by atoms with E-state index in [1.807, 2.05) is 0 Å². The van der Waals surface area contributed by atoms with Crippen LogP contribution in [0.2, 0.25) is 0 Å². The first-order valence-corrected chi connectivity index (χ1v) is 9.43. The van der Waals surface area contributed by atoms with E-state index in [-0.39, 0.29) is 42.9 Å². The summed E-state index contributed by atoms with van der Waals surface area (Å²) in [6, 6.07) is 8.09. The van der Waals surface area contributed by atoms with Crippen LogP contribution in [0.3, 0.4) is 0 Å². The van der Waals surface area contributed by atoms with E-state index in [4.69, 9.17) is 0 Å². The minimum atomic E-state index is -3.22. The van der Waals surface area contributed by atoms with Gasteiger partial charge in [0, 0.05) is 12.0 Å². The van der Waals surface area contributed by atoms with Crippen LogP contribution in [0.25, 0.3) is 5.82 Å². The maximum Gasteiger partial charge on any atom is 0.290 e. The third-order valence-corrected chi connectivity index (χ3v) is 5.03. The topological polar surface area (TPSA) is 107 Å². The molecule has 4 rings (SSSR count). The second kappa shape index (κ2) is 7.79. The number of hydrogen-bond donors (Lipinski definition) is 2. The van der Waals surface area contributed by atoms with Crippen molar-refractivity contribution in [3.8, 4) is 5.82 Å². The normalized spacial score (nSPS) is 16.0. The van der Waals surface area contributed by atoms with Gasteiger partial charge in [-0.2, -0.15) is 18.6 Å². The minimum Gasteiger partial charge on any atom is -0.619 e. The van der Waals surface area contributed by atoms with Gasteiger partial charge >= 0.3 is 0 Å². The van der Waals surface area contributed by atoms with Crippen LogP contribution in [0.4, 0.5) is 8.78 Å². The monoisotopic (exact) mass is 415 g/mol. The molecule has 0 saturated heterocycles. The molecule has 0 fully saturated rings. The summed E-state index contributed by atoms with van der Waals surface area (Å²) in [5.41, 5.74) is 0.195. The molecule has 2 N–H and O–H groups in total. The predicted molar refractivity (Wildman–Crippen MR) is 101 cm³/mol. The van der Waals surface area contributed by atoms with Crippen molar-refractivity contribution >= 4 is 5.91 Å². The fourth-order valence-electron chi connectivity index (χ4n) is 3.64. The molecule has 1 aliphatic carbocycles. The summed E-state index contributed by atoms with van der Waals surface area (Å²) in [5, 5.41) is 28.1. The molecule has 1 amide bonds. The SMILES string of the molecule is O=C(N[C@H](CO)c1ccccc1)c1nn(-c2c[n+]([O-])ccn2)c2c1CCCC2(F)F. The number of alkyl halides is 2. The first-order chi connectivity index (χ1) is 14.4. The second-order valence-electron chi connectivity index (χ2n) is 7.04. The molecule has 8 nitrogen and oxygen atoms in total. The smallest absolute Gasteiger partial charge is 0.290 e. The average Bonchev–Trinajstić information content (AvgIpc) is 3.14. The number of aliphatic hydroxyl groups excluding tert-OH is 1. The van der Waals surface area contributed by atoms with Crippen molar-refractivity contribution in [3.63, 3.8) is 0 Å². The predicted octanol–water partition coefficient (Wildman–Crippen LogP) is 1.79. The van der Waals surface area contributed by atoms with E-state index in [9.17, 15) is 23.9 Å². The molecule has 156 valence electrons. The van der Waals surface area contributed by atoms with Gasteiger partial charge in [0.2, 0.25) is 12.0 Å². The van der Waals surface area contributed by atoms with E-state index in [0.29, 0.717) is 10.3 Å². The highest BCUT2D eigenvalue weighted by molar-refractivity contribution is 5.94. The van der Waals surface area contributed by atoms with Crippen LogP contribution in [0.1, 0.15) is 46.2 Å². The van der Waals surface area contributed by atoms with E-state index in [1.165, 1.54) is 6.20 Å². The standard InChI is InChI=1S/C20H19F2N5O3/c21-20(22)8-4-7-14-17(19(29)24-15(12-28)13-5-2-1-3-6-13)25-27(18(14)20)16-11-26(30)10-9-23-16/h1-3,5-6,9-11,15,28H,4,7-8,12H2,(H,24,29)/t15-/m1/s1. The number of hydrogen-bond acceptors (Lipinski definition) is 5. The van der Waals surface area contributed by atoms with Gasteiger partial charge in [0.15, 0.2) is 11.9 Å². The minimum absolute atomic E-state index is 0.105. The van der Waals surface area contributed by atoms with Gasteiger partial charge < -0.3 is 15.6 Å². The van der Waals surface area contributed by atoms with Crippen LogP contribution in [0.15, 0.2) is 48.9 Å². The van der Waals surface area contributed by atoms with Crippen LogP contribution in [0.5, 0.6) is 0 Å². The summed E-state index contributed by atoms with van der Waals surface area (Å²) in [7, 11) is 0. The summed E-state index contributed by atoms with van der Waals surface area (Å²) in [4.78, 5) is 16.9. The Labute approximate surface area is 170 Å². The second-order valence-corrected chi connectivity index (χ2v) is 7.04. The highest BCUT2D eigenvalue weighted by Crippen LogP contribution is 2.42. The molecule has 0 saturated carbocycles. The zero-order valence-electron chi connectivity index (χ0n) is 15.8. The van der Waals surface area contributed by atoms with Gasteiger partial charge in [-0.3, -0.25) is 4.79 Å². The van der Waals surface area contributed by atoms with Gasteiger partial charge in [0.25, 0.3) is 11.8 Å². The number of carbonyl (C=O) groups is 1. The van der Waals surface area contributed by atoms with Gasteiger partial charge in [-0.05, 0) is 18.4 Å². The Morgan fingerprint density at radius 1 is 1.37 bits per heavy atom. The molecule has 1 aromatic carbocycles. The van der Waals surface area contributed by atoms with E-state index in [0.717, 1.165) is 17.1 Å². The molecule has 30 heavy (non-hydrogen) atoms. The van der Waals surface area contributed by atoms with E-state index in [2.05, 4.69) is 15.4 Å². The average molecular weight is 415 g/mol. The molecule has 2 heterocycles. The molecule has 2 aromatic heterocycles. The molecule has 1 aliphatic rings. The summed E-state index contributed by atoms with van der Waals surface area (Å²) in [6.07, 6.45) is 3.36. The molecular weight excluding hydrogens is 396 g/mol. The molecule has 3 aromatic rings. The molecule has 0 radical (unpaired) electrons. The van der Waals surface area contributed by atoms with Crippen LogP contribution < -0.4 is 10.0 Å². The number of fused-ring (bicyclic) bond motifs is 1. The number of amides is 1. The molecule has 10 heteroatoms. The maximum absolute atomic E-state index is 14.8. The quantitative estimate of drug-likeness (QED) is 0.488. The van der Waals surface area contributed by atoms with Gasteiger partial charge in [0.1, 0.15) is 5.69 Å². The summed E-state index contributed by atoms with van der Waals surface area (Å²) >= 11 is 0. The molecular formula is C20H19F2N5O3. The molecule has 0 bridgehead atoms. The number of halogens is 2. The number of benzene rings is 1. The van der Waals surface area contributed by atoms with E-state index in [1.54, 1.807) is 30.3 Å². The zero-order valence-corrected chi connectivity index (χ0v) is 15.8. The highest BCUT2D eigenvalue weighted by atomic mass is 19.3. The molecule has 1 atom stereocenters. The van der Waals surface area contributed by atoms with Crippen molar-refractivity contribution in [1.82, 2.24) is 20.1 Å². The first-order valence-electron chi connectivity index (χ1n) is 9.43. The number of nitrogens with zero attached hydrogens (tertiary/aromatic N) is 4. The van der Waals surface area contributed by atoms with Crippen molar-refractivity contribution in [1.29, 1.82) is 0 Å². The largest absolute Gasteiger partial charge is 0.619 e. The number of carbonyl (C=O) groups excluding carboxylic acids is 1. The molecule has 0 aliphatic heterocycles. The number of aromatic nitrogens is 4. The van der Waals surface area contributed by atoms with Crippen molar-refractivity contribution in [2.45, 2.75) is 31.2 Å². The van der Waals surface area contributed by atoms with Crippen molar-refractivity contribution in [3.05, 3.63) is 76.6 Å². The fourth-order valence-corrected chi connectivity index (χ4v) is 3.64. The summed E-state index contributed by atoms with van der Waals surface area (Å²) < 4.78 is 30.8. The Hall–Kier alpha value is -3.40. The third-order valence-electron chi connectivity index (χ3n) is 5.03. The lowest BCUT2D eigenvalue weighted by atomic mass is 9.92. The maximum atomic E-state index is 14.8. The lowest BCUT2D eigenvalue weighted by Crippen LogP contribution is -2.32. The van der Waals surface area contributed by atoms with Gasteiger partial charge in [-0.15, -0.1) is 0 Å². The lowest BCUT2D eigenvalue weighted by Gasteiger charge is -2.23. The first kappa shape index (κ1) is 19.9. The highest BCUT2D eigenvalue weighted by Gasteiger charge is 2.44.